The molecule has 0 spiro atoms. The van der Waals surface area contributed by atoms with Crippen LogP contribution in [0.25, 0.3) is 0 Å². The van der Waals surface area contributed by atoms with Crippen LogP contribution in [-0.2, 0) is 9.53 Å². The SMILES string of the molecule is CC(C)CCC(=O)Nc1ccccc1C(=O)NCC1CCCO1. The smallest absolute Gasteiger partial charge is 0.253 e. The Bertz CT molecular complexity index is 537. The van der Waals surface area contributed by atoms with Crippen LogP contribution in [0, 0.1) is 5.92 Å². The molecule has 0 radical (unpaired) electrons. The highest BCUT2D eigenvalue weighted by atomic mass is 16.5. The first-order chi connectivity index (χ1) is 11.1. The molecule has 0 aliphatic carbocycles. The van der Waals surface area contributed by atoms with E-state index in [1.165, 1.54) is 0 Å². The van der Waals surface area contributed by atoms with Gasteiger partial charge in [-0.1, -0.05) is 26.0 Å². The van der Waals surface area contributed by atoms with Crippen LogP contribution in [0.4, 0.5) is 5.69 Å². The number of nitrogens with one attached hydrogen (secondary N) is 2. The second kappa shape index (κ2) is 8.67. The molecule has 0 aromatic heterocycles. The first-order valence-corrected chi connectivity index (χ1v) is 8.35. The molecule has 1 saturated heterocycles. The Morgan fingerprint density at radius 2 is 2.09 bits per heavy atom. The van der Waals surface area contributed by atoms with Crippen LogP contribution in [0.3, 0.4) is 0 Å². The largest absolute Gasteiger partial charge is 0.376 e. The summed E-state index contributed by atoms with van der Waals surface area (Å²) in [5, 5.41) is 5.73. The number of carbonyl (C=O) groups excluding carboxylic acids is 2. The number of amides is 2. The van der Waals surface area contributed by atoms with E-state index in [0.717, 1.165) is 25.9 Å². The quantitative estimate of drug-likeness (QED) is 0.812. The lowest BCUT2D eigenvalue weighted by atomic mass is 10.1. The summed E-state index contributed by atoms with van der Waals surface area (Å²) in [5.74, 6) is 0.240. The van der Waals surface area contributed by atoms with Gasteiger partial charge in [0, 0.05) is 19.6 Å². The lowest BCUT2D eigenvalue weighted by Crippen LogP contribution is -2.32. The zero-order chi connectivity index (χ0) is 16.7. The highest BCUT2D eigenvalue weighted by molar-refractivity contribution is 6.03. The number of hydrogen-bond donors (Lipinski definition) is 2. The average Bonchev–Trinajstić information content (AvgIpc) is 3.04. The highest BCUT2D eigenvalue weighted by Gasteiger charge is 2.18. The molecule has 1 aromatic rings. The van der Waals surface area contributed by atoms with Crippen molar-refractivity contribution >= 4 is 17.5 Å². The van der Waals surface area contributed by atoms with Gasteiger partial charge in [0.2, 0.25) is 5.91 Å². The summed E-state index contributed by atoms with van der Waals surface area (Å²) in [6, 6.07) is 7.09. The first kappa shape index (κ1) is 17.5. The van der Waals surface area contributed by atoms with E-state index < -0.39 is 0 Å². The van der Waals surface area contributed by atoms with E-state index in [4.69, 9.17) is 4.74 Å². The molecule has 5 nitrogen and oxygen atoms in total. The molecule has 1 aromatic carbocycles. The molecular weight excluding hydrogens is 292 g/mol. The summed E-state index contributed by atoms with van der Waals surface area (Å²) in [7, 11) is 0. The van der Waals surface area contributed by atoms with Crippen molar-refractivity contribution < 1.29 is 14.3 Å². The Hall–Kier alpha value is -1.88. The van der Waals surface area contributed by atoms with Crippen LogP contribution in [0.15, 0.2) is 24.3 Å². The third-order valence-corrected chi connectivity index (χ3v) is 3.91. The van der Waals surface area contributed by atoms with Crippen molar-refractivity contribution in [3.05, 3.63) is 29.8 Å². The van der Waals surface area contributed by atoms with Crippen molar-refractivity contribution in [2.75, 3.05) is 18.5 Å². The average molecular weight is 318 g/mol. The lowest BCUT2D eigenvalue weighted by molar-refractivity contribution is -0.116. The summed E-state index contributed by atoms with van der Waals surface area (Å²) in [4.78, 5) is 24.3. The van der Waals surface area contributed by atoms with Gasteiger partial charge in [-0.25, -0.2) is 0 Å². The van der Waals surface area contributed by atoms with Gasteiger partial charge in [0.15, 0.2) is 0 Å². The second-order valence-corrected chi connectivity index (χ2v) is 6.37. The van der Waals surface area contributed by atoms with Gasteiger partial charge in [0.1, 0.15) is 0 Å². The van der Waals surface area contributed by atoms with Gasteiger partial charge < -0.3 is 15.4 Å². The molecule has 1 atom stereocenters. The van der Waals surface area contributed by atoms with Gasteiger partial charge in [0.25, 0.3) is 5.91 Å². The lowest BCUT2D eigenvalue weighted by Gasteiger charge is -2.14. The predicted octanol–water partition coefficient (Wildman–Crippen LogP) is 2.97. The van der Waals surface area contributed by atoms with E-state index in [-0.39, 0.29) is 17.9 Å². The second-order valence-electron chi connectivity index (χ2n) is 6.37. The zero-order valence-corrected chi connectivity index (χ0v) is 13.9. The van der Waals surface area contributed by atoms with Crippen LogP contribution in [0.2, 0.25) is 0 Å². The molecule has 1 aliphatic heterocycles. The van der Waals surface area contributed by atoms with Gasteiger partial charge in [-0.3, -0.25) is 9.59 Å². The molecule has 2 rings (SSSR count). The summed E-state index contributed by atoms with van der Waals surface area (Å²) in [6.45, 7) is 5.44. The standard InChI is InChI=1S/C18H26N2O3/c1-13(2)9-10-17(21)20-16-8-4-3-7-15(16)18(22)19-12-14-6-5-11-23-14/h3-4,7-8,13-14H,5-6,9-12H2,1-2H3,(H,19,22)(H,20,21). The molecule has 126 valence electrons. The molecule has 1 unspecified atom stereocenters. The van der Waals surface area contributed by atoms with Crippen molar-refractivity contribution in [3.63, 3.8) is 0 Å². The van der Waals surface area contributed by atoms with Crippen molar-refractivity contribution in [1.29, 1.82) is 0 Å². The fourth-order valence-corrected chi connectivity index (χ4v) is 2.53. The summed E-state index contributed by atoms with van der Waals surface area (Å²) in [6.07, 6.45) is 3.42. The number of para-hydroxylation sites is 1. The third-order valence-electron chi connectivity index (χ3n) is 3.91. The van der Waals surface area contributed by atoms with Gasteiger partial charge in [-0.05, 0) is 37.3 Å². The Kier molecular flexibility index (Phi) is 6.59. The van der Waals surface area contributed by atoms with E-state index in [2.05, 4.69) is 24.5 Å². The maximum absolute atomic E-state index is 12.4. The fourth-order valence-electron chi connectivity index (χ4n) is 2.53. The number of anilines is 1. The topological polar surface area (TPSA) is 67.4 Å². The van der Waals surface area contributed by atoms with Crippen molar-refractivity contribution in [3.8, 4) is 0 Å². The summed E-state index contributed by atoms with van der Waals surface area (Å²) < 4.78 is 5.50. The van der Waals surface area contributed by atoms with E-state index in [0.29, 0.717) is 30.1 Å². The molecule has 2 amide bonds. The predicted molar refractivity (Wildman–Crippen MR) is 90.5 cm³/mol. The fraction of sp³-hybridized carbons (Fsp3) is 0.556. The van der Waals surface area contributed by atoms with Crippen molar-refractivity contribution in [1.82, 2.24) is 5.32 Å². The van der Waals surface area contributed by atoms with Crippen LogP contribution >= 0.6 is 0 Å². The van der Waals surface area contributed by atoms with Crippen LogP contribution in [0.1, 0.15) is 49.9 Å². The van der Waals surface area contributed by atoms with Crippen molar-refractivity contribution in [2.45, 2.75) is 45.6 Å². The van der Waals surface area contributed by atoms with E-state index in [9.17, 15) is 9.59 Å². The summed E-state index contributed by atoms with van der Waals surface area (Å²) in [5.41, 5.74) is 1.05. The van der Waals surface area contributed by atoms with Crippen molar-refractivity contribution in [2.24, 2.45) is 5.92 Å². The van der Waals surface area contributed by atoms with Gasteiger partial charge in [0.05, 0.1) is 17.4 Å². The van der Waals surface area contributed by atoms with E-state index >= 15 is 0 Å². The molecule has 2 N–H and O–H groups in total. The normalized spacial score (nSPS) is 17.3. The molecule has 1 aliphatic rings. The highest BCUT2D eigenvalue weighted by Crippen LogP contribution is 2.17. The van der Waals surface area contributed by atoms with Crippen LogP contribution in [-0.4, -0.2) is 31.1 Å². The Morgan fingerprint density at radius 3 is 2.78 bits per heavy atom. The zero-order valence-electron chi connectivity index (χ0n) is 13.9. The minimum atomic E-state index is -0.180. The van der Waals surface area contributed by atoms with Gasteiger partial charge in [-0.15, -0.1) is 0 Å². The molecule has 1 heterocycles. The minimum Gasteiger partial charge on any atom is -0.376 e. The molecule has 0 saturated carbocycles. The van der Waals surface area contributed by atoms with Gasteiger partial charge >= 0.3 is 0 Å². The Labute approximate surface area is 137 Å². The van der Waals surface area contributed by atoms with Crippen LogP contribution in [0.5, 0.6) is 0 Å². The third kappa shape index (κ3) is 5.67. The molecule has 23 heavy (non-hydrogen) atoms. The molecule has 1 fully saturated rings. The van der Waals surface area contributed by atoms with E-state index in [1.54, 1.807) is 18.2 Å². The van der Waals surface area contributed by atoms with E-state index in [1.807, 2.05) is 6.07 Å². The summed E-state index contributed by atoms with van der Waals surface area (Å²) >= 11 is 0. The number of hydrogen-bond acceptors (Lipinski definition) is 3. The Balaban J connectivity index is 1.93. The maximum Gasteiger partial charge on any atom is 0.253 e. The first-order valence-electron chi connectivity index (χ1n) is 8.35. The maximum atomic E-state index is 12.4. The molecule has 5 heteroatoms. The number of carbonyl (C=O) groups is 2. The number of ether oxygens (including phenoxy) is 1. The minimum absolute atomic E-state index is 0.0573. The van der Waals surface area contributed by atoms with Crippen LogP contribution < -0.4 is 10.6 Å². The number of rotatable bonds is 7. The number of benzene rings is 1. The molecule has 0 bridgehead atoms. The molecular formula is C18H26N2O3. The monoisotopic (exact) mass is 318 g/mol. The van der Waals surface area contributed by atoms with Gasteiger partial charge in [-0.2, -0.15) is 0 Å². The Morgan fingerprint density at radius 1 is 1.30 bits per heavy atom.